The number of nitrogens with zero attached hydrogens (tertiary/aromatic N) is 1. The van der Waals surface area contributed by atoms with Gasteiger partial charge in [-0.25, -0.2) is 0 Å². The van der Waals surface area contributed by atoms with Gasteiger partial charge in [0, 0.05) is 13.6 Å². The SMILES string of the molecule is Cc1ccccc1OCC(=O)NCc1ccc2c(c1)N(C)C(=O)CO2. The number of anilines is 1. The summed E-state index contributed by atoms with van der Waals surface area (Å²) in [6.07, 6.45) is 0. The molecule has 0 aromatic heterocycles. The van der Waals surface area contributed by atoms with E-state index < -0.39 is 0 Å². The summed E-state index contributed by atoms with van der Waals surface area (Å²) >= 11 is 0. The molecule has 0 bridgehead atoms. The highest BCUT2D eigenvalue weighted by atomic mass is 16.5. The van der Waals surface area contributed by atoms with Crippen LogP contribution in [0.3, 0.4) is 0 Å². The number of carbonyl (C=O) groups excluding carboxylic acids is 2. The van der Waals surface area contributed by atoms with Crippen LogP contribution in [0.1, 0.15) is 11.1 Å². The Morgan fingerprint density at radius 3 is 2.88 bits per heavy atom. The molecular weight excluding hydrogens is 320 g/mol. The summed E-state index contributed by atoms with van der Waals surface area (Å²) in [5, 5.41) is 2.81. The summed E-state index contributed by atoms with van der Waals surface area (Å²) in [6, 6.07) is 13.1. The Hall–Kier alpha value is -3.02. The summed E-state index contributed by atoms with van der Waals surface area (Å²) in [5.74, 6) is 1.06. The van der Waals surface area contributed by atoms with Crippen molar-refractivity contribution in [2.45, 2.75) is 13.5 Å². The van der Waals surface area contributed by atoms with Gasteiger partial charge in [0.15, 0.2) is 13.2 Å². The van der Waals surface area contributed by atoms with Gasteiger partial charge in [-0.15, -0.1) is 0 Å². The molecule has 1 aliphatic heterocycles. The highest BCUT2D eigenvalue weighted by Crippen LogP contribution is 2.31. The largest absolute Gasteiger partial charge is 0.484 e. The van der Waals surface area contributed by atoms with Crippen molar-refractivity contribution in [3.8, 4) is 11.5 Å². The summed E-state index contributed by atoms with van der Waals surface area (Å²) in [6.45, 7) is 2.29. The zero-order chi connectivity index (χ0) is 17.8. The molecular formula is C19H20N2O4. The van der Waals surface area contributed by atoms with Crippen LogP contribution in [0, 0.1) is 6.92 Å². The highest BCUT2D eigenvalue weighted by molar-refractivity contribution is 5.97. The van der Waals surface area contributed by atoms with Gasteiger partial charge < -0.3 is 19.7 Å². The molecule has 0 spiro atoms. The maximum absolute atomic E-state index is 12.0. The number of likely N-dealkylation sites (N-methyl/N-ethyl adjacent to an activating group) is 1. The number of para-hydroxylation sites is 1. The Kier molecular flexibility index (Phi) is 4.88. The molecule has 1 heterocycles. The van der Waals surface area contributed by atoms with Crippen LogP contribution in [0.2, 0.25) is 0 Å². The molecule has 6 nitrogen and oxygen atoms in total. The van der Waals surface area contributed by atoms with E-state index in [2.05, 4.69) is 5.32 Å². The van der Waals surface area contributed by atoms with E-state index in [1.807, 2.05) is 49.4 Å². The third kappa shape index (κ3) is 3.91. The third-order valence-electron chi connectivity index (χ3n) is 4.05. The molecule has 0 aliphatic carbocycles. The predicted molar refractivity (Wildman–Crippen MR) is 93.9 cm³/mol. The van der Waals surface area contributed by atoms with Gasteiger partial charge in [-0.05, 0) is 36.2 Å². The highest BCUT2D eigenvalue weighted by Gasteiger charge is 2.22. The fraction of sp³-hybridized carbons (Fsp3) is 0.263. The predicted octanol–water partition coefficient (Wildman–Crippen LogP) is 2.05. The number of amides is 2. The average Bonchev–Trinajstić information content (AvgIpc) is 2.62. The number of hydrogen-bond donors (Lipinski definition) is 1. The molecule has 0 atom stereocenters. The van der Waals surface area contributed by atoms with E-state index in [0.29, 0.717) is 23.7 Å². The van der Waals surface area contributed by atoms with E-state index in [-0.39, 0.29) is 25.0 Å². The second-order valence-electron chi connectivity index (χ2n) is 5.87. The van der Waals surface area contributed by atoms with E-state index in [9.17, 15) is 9.59 Å². The van der Waals surface area contributed by atoms with Crippen molar-refractivity contribution in [1.29, 1.82) is 0 Å². The zero-order valence-electron chi connectivity index (χ0n) is 14.2. The number of ether oxygens (including phenoxy) is 2. The molecule has 1 N–H and O–H groups in total. The number of nitrogens with one attached hydrogen (secondary N) is 1. The second kappa shape index (κ2) is 7.25. The second-order valence-corrected chi connectivity index (χ2v) is 5.87. The van der Waals surface area contributed by atoms with Gasteiger partial charge in [0.2, 0.25) is 0 Å². The molecule has 0 saturated carbocycles. The molecule has 6 heteroatoms. The van der Waals surface area contributed by atoms with Crippen molar-refractivity contribution in [3.05, 3.63) is 53.6 Å². The molecule has 3 rings (SSSR count). The Bertz CT molecular complexity index is 804. The van der Waals surface area contributed by atoms with Gasteiger partial charge in [-0.3, -0.25) is 9.59 Å². The molecule has 0 unspecified atom stereocenters. The molecule has 2 aromatic rings. The van der Waals surface area contributed by atoms with Crippen LogP contribution < -0.4 is 19.7 Å². The number of rotatable bonds is 5. The Labute approximate surface area is 146 Å². The van der Waals surface area contributed by atoms with Crippen molar-refractivity contribution >= 4 is 17.5 Å². The lowest BCUT2D eigenvalue weighted by Crippen LogP contribution is -2.35. The van der Waals surface area contributed by atoms with Crippen LogP contribution in [0.25, 0.3) is 0 Å². The maximum atomic E-state index is 12.0. The van der Waals surface area contributed by atoms with Crippen molar-refractivity contribution < 1.29 is 19.1 Å². The molecule has 130 valence electrons. The summed E-state index contributed by atoms with van der Waals surface area (Å²) in [4.78, 5) is 25.2. The van der Waals surface area contributed by atoms with Crippen LogP contribution in [-0.4, -0.2) is 32.1 Å². The van der Waals surface area contributed by atoms with Crippen LogP contribution in [0.5, 0.6) is 11.5 Å². The molecule has 0 saturated heterocycles. The minimum absolute atomic E-state index is 0.0444. The van der Waals surface area contributed by atoms with Crippen LogP contribution in [-0.2, 0) is 16.1 Å². The number of benzene rings is 2. The summed E-state index contributed by atoms with van der Waals surface area (Å²) in [5.41, 5.74) is 2.57. The summed E-state index contributed by atoms with van der Waals surface area (Å²) < 4.78 is 10.9. The van der Waals surface area contributed by atoms with Gasteiger partial charge in [-0.2, -0.15) is 0 Å². The molecule has 1 aliphatic rings. The third-order valence-corrected chi connectivity index (χ3v) is 4.05. The monoisotopic (exact) mass is 340 g/mol. The van der Waals surface area contributed by atoms with Crippen molar-refractivity contribution in [2.24, 2.45) is 0 Å². The first-order valence-electron chi connectivity index (χ1n) is 8.02. The van der Waals surface area contributed by atoms with Crippen LogP contribution >= 0.6 is 0 Å². The minimum atomic E-state index is -0.207. The number of fused-ring (bicyclic) bond motifs is 1. The Morgan fingerprint density at radius 1 is 1.28 bits per heavy atom. The fourth-order valence-corrected chi connectivity index (χ4v) is 2.54. The molecule has 25 heavy (non-hydrogen) atoms. The van der Waals surface area contributed by atoms with Gasteiger partial charge >= 0.3 is 0 Å². The van der Waals surface area contributed by atoms with Crippen molar-refractivity contribution in [3.63, 3.8) is 0 Å². The van der Waals surface area contributed by atoms with Gasteiger partial charge in [0.25, 0.3) is 11.8 Å². The van der Waals surface area contributed by atoms with Gasteiger partial charge in [-0.1, -0.05) is 24.3 Å². The first kappa shape index (κ1) is 16.8. The average molecular weight is 340 g/mol. The lowest BCUT2D eigenvalue weighted by molar-refractivity contribution is -0.123. The number of hydrogen-bond acceptors (Lipinski definition) is 4. The fourth-order valence-electron chi connectivity index (χ4n) is 2.54. The summed E-state index contributed by atoms with van der Waals surface area (Å²) in [7, 11) is 1.71. The first-order valence-corrected chi connectivity index (χ1v) is 8.02. The van der Waals surface area contributed by atoms with E-state index >= 15 is 0 Å². The maximum Gasteiger partial charge on any atom is 0.264 e. The zero-order valence-corrected chi connectivity index (χ0v) is 14.2. The molecule has 2 amide bonds. The van der Waals surface area contributed by atoms with Gasteiger partial charge in [0.1, 0.15) is 11.5 Å². The standard InChI is InChI=1S/C19H20N2O4/c1-13-5-3-4-6-16(13)24-11-18(22)20-10-14-7-8-17-15(9-14)21(2)19(23)12-25-17/h3-9H,10-12H2,1-2H3,(H,20,22). The molecule has 0 fully saturated rings. The van der Waals surface area contributed by atoms with E-state index in [4.69, 9.17) is 9.47 Å². The van der Waals surface area contributed by atoms with Crippen molar-refractivity contribution in [2.75, 3.05) is 25.2 Å². The smallest absolute Gasteiger partial charge is 0.264 e. The number of aryl methyl sites for hydroxylation is 1. The lowest BCUT2D eigenvalue weighted by Gasteiger charge is -2.26. The lowest BCUT2D eigenvalue weighted by atomic mass is 10.1. The van der Waals surface area contributed by atoms with E-state index in [1.54, 1.807) is 11.9 Å². The number of carbonyl (C=O) groups is 2. The minimum Gasteiger partial charge on any atom is -0.484 e. The van der Waals surface area contributed by atoms with Crippen molar-refractivity contribution in [1.82, 2.24) is 5.32 Å². The van der Waals surface area contributed by atoms with Crippen LogP contribution in [0.4, 0.5) is 5.69 Å². The quantitative estimate of drug-likeness (QED) is 0.904. The Balaban J connectivity index is 1.56. The van der Waals surface area contributed by atoms with E-state index in [1.165, 1.54) is 0 Å². The van der Waals surface area contributed by atoms with Gasteiger partial charge in [0.05, 0.1) is 5.69 Å². The van der Waals surface area contributed by atoms with Crippen LogP contribution in [0.15, 0.2) is 42.5 Å². The normalized spacial score (nSPS) is 13.0. The topological polar surface area (TPSA) is 67.9 Å². The van der Waals surface area contributed by atoms with E-state index in [0.717, 1.165) is 11.1 Å². The molecule has 2 aromatic carbocycles. The first-order chi connectivity index (χ1) is 12.0. The Morgan fingerprint density at radius 2 is 2.08 bits per heavy atom. The molecule has 0 radical (unpaired) electrons.